The highest BCUT2D eigenvalue weighted by molar-refractivity contribution is 7.14. The van der Waals surface area contributed by atoms with Crippen molar-refractivity contribution in [3.05, 3.63) is 45.9 Å². The SMILES string of the molecule is COCCC(NC(=O)c1cc(-c2ccc(F)cc2)c(C)s1)C(=O)O. The summed E-state index contributed by atoms with van der Waals surface area (Å²) < 4.78 is 17.9. The van der Waals surface area contributed by atoms with Crippen molar-refractivity contribution >= 4 is 23.2 Å². The zero-order chi connectivity index (χ0) is 17.7. The van der Waals surface area contributed by atoms with Gasteiger partial charge in [0.1, 0.15) is 11.9 Å². The van der Waals surface area contributed by atoms with Crippen LogP contribution in [-0.2, 0) is 9.53 Å². The number of carbonyl (C=O) groups excluding carboxylic acids is 1. The van der Waals surface area contributed by atoms with Crippen molar-refractivity contribution < 1.29 is 23.8 Å². The summed E-state index contributed by atoms with van der Waals surface area (Å²) in [4.78, 5) is 24.8. The summed E-state index contributed by atoms with van der Waals surface area (Å²) in [6.45, 7) is 2.10. The first-order valence-electron chi connectivity index (χ1n) is 7.31. The Morgan fingerprint density at radius 3 is 2.58 bits per heavy atom. The minimum Gasteiger partial charge on any atom is -0.480 e. The third-order valence-electron chi connectivity index (χ3n) is 3.51. The highest BCUT2D eigenvalue weighted by Crippen LogP contribution is 2.31. The predicted molar refractivity (Wildman–Crippen MR) is 89.8 cm³/mol. The summed E-state index contributed by atoms with van der Waals surface area (Å²) in [6.07, 6.45) is 0.187. The molecule has 0 saturated carbocycles. The van der Waals surface area contributed by atoms with Gasteiger partial charge in [-0.1, -0.05) is 12.1 Å². The van der Waals surface area contributed by atoms with Crippen LogP contribution in [0.25, 0.3) is 11.1 Å². The van der Waals surface area contributed by atoms with Gasteiger partial charge in [0.25, 0.3) is 5.91 Å². The number of thiophene rings is 1. The second kappa shape index (κ2) is 8.03. The summed E-state index contributed by atoms with van der Waals surface area (Å²) in [7, 11) is 1.47. The van der Waals surface area contributed by atoms with Gasteiger partial charge in [-0.25, -0.2) is 9.18 Å². The zero-order valence-electron chi connectivity index (χ0n) is 13.3. The van der Waals surface area contributed by atoms with E-state index in [0.29, 0.717) is 4.88 Å². The van der Waals surface area contributed by atoms with Crippen LogP contribution in [0.2, 0.25) is 0 Å². The second-order valence-electron chi connectivity index (χ2n) is 5.23. The number of ether oxygens (including phenoxy) is 1. The first-order chi connectivity index (χ1) is 11.4. The van der Waals surface area contributed by atoms with Crippen LogP contribution < -0.4 is 5.32 Å². The molecule has 2 N–H and O–H groups in total. The molecule has 0 bridgehead atoms. The predicted octanol–water partition coefficient (Wildman–Crippen LogP) is 3.08. The summed E-state index contributed by atoms with van der Waals surface area (Å²) in [5.41, 5.74) is 1.63. The van der Waals surface area contributed by atoms with Crippen molar-refractivity contribution in [1.29, 1.82) is 0 Å². The quantitative estimate of drug-likeness (QED) is 0.804. The van der Waals surface area contributed by atoms with Gasteiger partial charge in [-0.3, -0.25) is 4.79 Å². The van der Waals surface area contributed by atoms with E-state index in [9.17, 15) is 14.0 Å². The molecule has 1 heterocycles. The molecule has 0 saturated heterocycles. The number of nitrogens with one attached hydrogen (secondary N) is 1. The van der Waals surface area contributed by atoms with Crippen LogP contribution in [0.15, 0.2) is 30.3 Å². The lowest BCUT2D eigenvalue weighted by molar-refractivity contribution is -0.139. The van der Waals surface area contributed by atoms with E-state index < -0.39 is 17.9 Å². The molecule has 0 aliphatic carbocycles. The molecule has 128 valence electrons. The van der Waals surface area contributed by atoms with Crippen molar-refractivity contribution in [2.24, 2.45) is 0 Å². The third kappa shape index (κ3) is 4.39. The number of aryl methyl sites for hydroxylation is 1. The highest BCUT2D eigenvalue weighted by atomic mass is 32.1. The van der Waals surface area contributed by atoms with Crippen LogP contribution in [0.1, 0.15) is 21.0 Å². The lowest BCUT2D eigenvalue weighted by Crippen LogP contribution is -2.41. The summed E-state index contributed by atoms with van der Waals surface area (Å²) in [5, 5.41) is 11.7. The molecule has 2 rings (SSSR count). The van der Waals surface area contributed by atoms with Crippen LogP contribution >= 0.6 is 11.3 Å². The van der Waals surface area contributed by atoms with Gasteiger partial charge in [0.05, 0.1) is 4.88 Å². The van der Waals surface area contributed by atoms with Gasteiger partial charge in [-0.2, -0.15) is 0 Å². The number of halogens is 1. The van der Waals surface area contributed by atoms with Gasteiger partial charge in [-0.05, 0) is 36.2 Å². The van der Waals surface area contributed by atoms with E-state index in [2.05, 4.69) is 5.32 Å². The Labute approximate surface area is 143 Å². The Morgan fingerprint density at radius 2 is 2.00 bits per heavy atom. The first-order valence-corrected chi connectivity index (χ1v) is 8.13. The maximum Gasteiger partial charge on any atom is 0.326 e. The second-order valence-corrected chi connectivity index (χ2v) is 6.49. The zero-order valence-corrected chi connectivity index (χ0v) is 14.2. The molecule has 1 atom stereocenters. The number of hydrogen-bond acceptors (Lipinski definition) is 4. The fourth-order valence-corrected chi connectivity index (χ4v) is 3.18. The molecule has 1 aromatic carbocycles. The Morgan fingerprint density at radius 1 is 1.33 bits per heavy atom. The molecule has 0 fully saturated rings. The van der Waals surface area contributed by atoms with E-state index in [1.54, 1.807) is 18.2 Å². The molecule has 0 spiro atoms. The molecule has 7 heteroatoms. The van der Waals surface area contributed by atoms with Gasteiger partial charge in [0.2, 0.25) is 0 Å². The standard InChI is InChI=1S/C17H18FNO4S/c1-10-13(11-3-5-12(18)6-4-11)9-15(24-10)16(20)19-14(17(21)22)7-8-23-2/h3-6,9,14H,7-8H2,1-2H3,(H,19,20)(H,21,22). The van der Waals surface area contributed by atoms with E-state index in [-0.39, 0.29) is 18.8 Å². The fraction of sp³-hybridized carbons (Fsp3) is 0.294. The minimum atomic E-state index is -1.10. The highest BCUT2D eigenvalue weighted by Gasteiger charge is 2.22. The Kier molecular flexibility index (Phi) is 6.05. The van der Waals surface area contributed by atoms with Crippen LogP contribution in [0.5, 0.6) is 0 Å². The Bertz CT molecular complexity index is 727. The molecular formula is C17H18FNO4S. The number of benzene rings is 1. The van der Waals surface area contributed by atoms with E-state index in [4.69, 9.17) is 9.84 Å². The fourth-order valence-electron chi connectivity index (χ4n) is 2.23. The van der Waals surface area contributed by atoms with Crippen LogP contribution in [-0.4, -0.2) is 36.7 Å². The number of aliphatic carboxylic acids is 1. The molecule has 24 heavy (non-hydrogen) atoms. The van der Waals surface area contributed by atoms with Gasteiger partial charge in [0.15, 0.2) is 0 Å². The van der Waals surface area contributed by atoms with E-state index in [0.717, 1.165) is 16.0 Å². The van der Waals surface area contributed by atoms with E-state index >= 15 is 0 Å². The van der Waals surface area contributed by atoms with Crippen LogP contribution in [0, 0.1) is 12.7 Å². The Hall–Kier alpha value is -2.25. The molecular weight excluding hydrogens is 333 g/mol. The molecule has 0 radical (unpaired) electrons. The summed E-state index contributed by atoms with van der Waals surface area (Å²) in [5.74, 6) is -1.88. The molecule has 1 amide bonds. The molecule has 5 nitrogen and oxygen atoms in total. The van der Waals surface area contributed by atoms with Gasteiger partial charge in [-0.15, -0.1) is 11.3 Å². The largest absolute Gasteiger partial charge is 0.480 e. The topological polar surface area (TPSA) is 75.6 Å². The molecule has 1 unspecified atom stereocenters. The average molecular weight is 351 g/mol. The van der Waals surface area contributed by atoms with Crippen molar-refractivity contribution in [3.63, 3.8) is 0 Å². The lowest BCUT2D eigenvalue weighted by atomic mass is 10.1. The number of methoxy groups -OCH3 is 1. The third-order valence-corrected chi connectivity index (χ3v) is 4.56. The monoisotopic (exact) mass is 351 g/mol. The van der Waals surface area contributed by atoms with Crippen molar-refractivity contribution in [2.75, 3.05) is 13.7 Å². The number of amides is 1. The molecule has 2 aromatic rings. The lowest BCUT2D eigenvalue weighted by Gasteiger charge is -2.13. The number of carboxylic acid groups (broad SMARTS) is 1. The number of rotatable bonds is 7. The number of hydrogen-bond donors (Lipinski definition) is 2. The summed E-state index contributed by atoms with van der Waals surface area (Å²) >= 11 is 1.27. The summed E-state index contributed by atoms with van der Waals surface area (Å²) in [6, 6.07) is 6.69. The molecule has 0 aliphatic rings. The average Bonchev–Trinajstić information content (AvgIpc) is 2.93. The smallest absolute Gasteiger partial charge is 0.326 e. The first kappa shape index (κ1) is 18.1. The van der Waals surface area contributed by atoms with Crippen molar-refractivity contribution in [3.8, 4) is 11.1 Å². The normalized spacial score (nSPS) is 12.0. The van der Waals surface area contributed by atoms with E-state index in [1.165, 1.54) is 30.6 Å². The van der Waals surface area contributed by atoms with Gasteiger partial charge < -0.3 is 15.2 Å². The molecule has 0 aliphatic heterocycles. The van der Waals surface area contributed by atoms with Crippen molar-refractivity contribution in [2.45, 2.75) is 19.4 Å². The Balaban J connectivity index is 2.17. The maximum absolute atomic E-state index is 13.0. The number of carbonyl (C=O) groups is 2. The van der Waals surface area contributed by atoms with Crippen molar-refractivity contribution in [1.82, 2.24) is 5.32 Å². The maximum atomic E-state index is 13.0. The minimum absolute atomic E-state index is 0.187. The van der Waals surface area contributed by atoms with Crippen LogP contribution in [0.4, 0.5) is 4.39 Å². The van der Waals surface area contributed by atoms with Crippen LogP contribution in [0.3, 0.4) is 0 Å². The molecule has 1 aromatic heterocycles. The van der Waals surface area contributed by atoms with E-state index in [1.807, 2.05) is 6.92 Å². The van der Waals surface area contributed by atoms with Gasteiger partial charge in [0, 0.05) is 25.0 Å². The number of carboxylic acids is 1. The van der Waals surface area contributed by atoms with Gasteiger partial charge >= 0.3 is 5.97 Å².